The van der Waals surface area contributed by atoms with E-state index in [0.717, 1.165) is 0 Å². The largest absolute Gasteiger partial charge is 0.332 e. The van der Waals surface area contributed by atoms with Gasteiger partial charge in [0, 0.05) is 18.0 Å². The summed E-state index contributed by atoms with van der Waals surface area (Å²) in [6, 6.07) is 4.64. The van der Waals surface area contributed by atoms with Crippen LogP contribution in [0.4, 0.5) is 4.39 Å². The zero-order valence-electron chi connectivity index (χ0n) is 9.64. The van der Waals surface area contributed by atoms with Crippen molar-refractivity contribution in [3.05, 3.63) is 59.2 Å². The van der Waals surface area contributed by atoms with Crippen LogP contribution in [0.15, 0.2) is 36.7 Å². The first-order chi connectivity index (χ1) is 8.65. The summed E-state index contributed by atoms with van der Waals surface area (Å²) >= 11 is 0. The number of aryl methyl sites for hydroxylation is 1. The van der Waals surface area contributed by atoms with Gasteiger partial charge in [-0.3, -0.25) is 4.79 Å². The lowest BCUT2D eigenvalue weighted by molar-refractivity contribution is 0.0836. The second-order valence-corrected chi connectivity index (χ2v) is 3.62. The molecule has 0 bridgehead atoms. The van der Waals surface area contributed by atoms with Crippen molar-refractivity contribution in [2.45, 2.75) is 6.92 Å². The van der Waals surface area contributed by atoms with Gasteiger partial charge in [-0.2, -0.15) is 4.39 Å². The Balaban J connectivity index is 2.27. The minimum Gasteiger partial charge on any atom is -0.255 e. The van der Waals surface area contributed by atoms with Crippen LogP contribution < -0.4 is 0 Å². The number of nitrogens with zero attached hydrogens (tertiary/aromatic N) is 2. The fourth-order valence-electron chi connectivity index (χ4n) is 1.32. The molecule has 0 spiro atoms. The van der Waals surface area contributed by atoms with E-state index in [-0.39, 0.29) is 5.56 Å². The maximum atomic E-state index is 12.5. The summed E-state index contributed by atoms with van der Waals surface area (Å²) in [6.45, 7) is 1.79. The number of rotatable bonds is 1. The minimum atomic E-state index is -1.46. The summed E-state index contributed by atoms with van der Waals surface area (Å²) in [6.07, 6.45) is 3.22. The molecule has 0 aliphatic carbocycles. The molecule has 3 nitrogen and oxygen atoms in total. The molecule has 0 N–H and O–H groups in total. The average Bonchev–Trinajstić information content (AvgIpc) is 2.38. The van der Waals surface area contributed by atoms with Gasteiger partial charge in [-0.25, -0.2) is 9.97 Å². The molecule has 18 heavy (non-hydrogen) atoms. The van der Waals surface area contributed by atoms with Gasteiger partial charge < -0.3 is 0 Å². The Kier molecular flexibility index (Phi) is 3.44. The normalized spacial score (nSPS) is 9.44. The third kappa shape index (κ3) is 2.98. The van der Waals surface area contributed by atoms with Gasteiger partial charge in [0.1, 0.15) is 5.82 Å². The minimum absolute atomic E-state index is 0.00181. The second kappa shape index (κ2) is 5.19. The summed E-state index contributed by atoms with van der Waals surface area (Å²) in [5.41, 5.74) is 1.23. The Labute approximate surface area is 104 Å². The van der Waals surface area contributed by atoms with E-state index in [4.69, 9.17) is 0 Å². The molecule has 2 aromatic rings. The van der Waals surface area contributed by atoms with Crippen molar-refractivity contribution >= 4 is 6.04 Å². The number of hydrogen-bond acceptors (Lipinski definition) is 3. The maximum Gasteiger partial charge on any atom is 0.332 e. The zero-order chi connectivity index (χ0) is 13.0. The van der Waals surface area contributed by atoms with E-state index in [1.54, 1.807) is 31.5 Å². The number of carbonyl (C=O) groups is 1. The van der Waals surface area contributed by atoms with Crippen molar-refractivity contribution in [3.63, 3.8) is 0 Å². The van der Waals surface area contributed by atoms with Crippen LogP contribution in [0.2, 0.25) is 0 Å². The van der Waals surface area contributed by atoms with Gasteiger partial charge in [0.15, 0.2) is 0 Å². The fraction of sp³-hybridized carbons (Fsp3) is 0.0714. The molecule has 0 amide bonds. The number of aromatic nitrogens is 2. The molecule has 0 radical (unpaired) electrons. The molecule has 88 valence electrons. The Hall–Kier alpha value is -2.54. The Morgan fingerprint density at radius 3 is 2.50 bits per heavy atom. The predicted molar refractivity (Wildman–Crippen MR) is 64.6 cm³/mol. The smallest absolute Gasteiger partial charge is 0.255 e. The first kappa shape index (κ1) is 11.9. The van der Waals surface area contributed by atoms with Gasteiger partial charge in [0.05, 0.1) is 11.1 Å². The van der Waals surface area contributed by atoms with Crippen molar-refractivity contribution in [3.8, 4) is 11.8 Å². The molecule has 0 unspecified atom stereocenters. The molecule has 0 fully saturated rings. The summed E-state index contributed by atoms with van der Waals surface area (Å²) in [4.78, 5) is 18.6. The highest BCUT2D eigenvalue weighted by molar-refractivity contribution is 5.88. The molecule has 0 aliphatic heterocycles. The van der Waals surface area contributed by atoms with Gasteiger partial charge in [0.2, 0.25) is 0 Å². The molecule has 1 aromatic heterocycles. The van der Waals surface area contributed by atoms with Crippen LogP contribution in [0, 0.1) is 18.8 Å². The zero-order valence-corrected chi connectivity index (χ0v) is 9.64. The van der Waals surface area contributed by atoms with Crippen LogP contribution >= 0.6 is 0 Å². The number of benzene rings is 1. The molecule has 1 heterocycles. The number of carbonyl (C=O) groups excluding carboxylic acids is 1. The van der Waals surface area contributed by atoms with E-state index in [0.29, 0.717) is 17.0 Å². The summed E-state index contributed by atoms with van der Waals surface area (Å²) < 4.78 is 12.5. The maximum absolute atomic E-state index is 12.5. The summed E-state index contributed by atoms with van der Waals surface area (Å²) in [7, 11) is 0. The molecule has 0 saturated heterocycles. The van der Waals surface area contributed by atoms with Gasteiger partial charge in [0.25, 0.3) is 0 Å². The third-order valence-corrected chi connectivity index (χ3v) is 2.22. The lowest BCUT2D eigenvalue weighted by Crippen LogP contribution is -1.90. The van der Waals surface area contributed by atoms with Crippen LogP contribution in [0.3, 0.4) is 0 Å². The quantitative estimate of drug-likeness (QED) is 0.567. The van der Waals surface area contributed by atoms with Gasteiger partial charge >= 0.3 is 6.04 Å². The number of hydrogen-bond donors (Lipinski definition) is 0. The molecule has 0 atom stereocenters. The Morgan fingerprint density at radius 2 is 1.83 bits per heavy atom. The molecule has 0 saturated carbocycles. The van der Waals surface area contributed by atoms with Crippen molar-refractivity contribution < 1.29 is 9.18 Å². The summed E-state index contributed by atoms with van der Waals surface area (Å²) in [5, 5.41) is 0. The average molecular weight is 240 g/mol. The molecule has 2 rings (SSSR count). The molecule has 4 heteroatoms. The lowest BCUT2D eigenvalue weighted by atomic mass is 10.1. The third-order valence-electron chi connectivity index (χ3n) is 2.22. The highest BCUT2D eigenvalue weighted by Crippen LogP contribution is 2.06. The van der Waals surface area contributed by atoms with Crippen LogP contribution in [-0.4, -0.2) is 16.0 Å². The topological polar surface area (TPSA) is 42.9 Å². The van der Waals surface area contributed by atoms with E-state index in [1.807, 2.05) is 0 Å². The van der Waals surface area contributed by atoms with E-state index in [2.05, 4.69) is 21.8 Å². The van der Waals surface area contributed by atoms with Crippen molar-refractivity contribution in [2.75, 3.05) is 0 Å². The molecular weight excluding hydrogens is 231 g/mol. The van der Waals surface area contributed by atoms with Gasteiger partial charge in [-0.05, 0) is 25.1 Å². The van der Waals surface area contributed by atoms with Crippen molar-refractivity contribution in [1.82, 2.24) is 9.97 Å². The molecular formula is C14H9FN2O. The van der Waals surface area contributed by atoms with Crippen LogP contribution in [0.1, 0.15) is 27.3 Å². The van der Waals surface area contributed by atoms with Gasteiger partial charge in [-0.15, -0.1) is 0 Å². The van der Waals surface area contributed by atoms with Gasteiger partial charge in [-0.1, -0.05) is 17.9 Å². The standard InChI is InChI=1S/C14H9FN2O/c1-10-16-8-12(9-17-10)6-5-11-3-2-4-13(7-11)14(15)18/h2-4,7-9H,1H3. The Bertz CT molecular complexity index is 639. The first-order valence-corrected chi connectivity index (χ1v) is 5.26. The second-order valence-electron chi connectivity index (χ2n) is 3.62. The van der Waals surface area contributed by atoms with E-state index < -0.39 is 6.04 Å². The van der Waals surface area contributed by atoms with E-state index in [9.17, 15) is 9.18 Å². The van der Waals surface area contributed by atoms with Crippen LogP contribution in [0.25, 0.3) is 0 Å². The Morgan fingerprint density at radius 1 is 1.17 bits per heavy atom. The molecule has 1 aromatic carbocycles. The molecule has 0 aliphatic rings. The van der Waals surface area contributed by atoms with Crippen molar-refractivity contribution in [2.24, 2.45) is 0 Å². The van der Waals surface area contributed by atoms with Crippen molar-refractivity contribution in [1.29, 1.82) is 0 Å². The highest BCUT2D eigenvalue weighted by Gasteiger charge is 2.02. The predicted octanol–water partition coefficient (Wildman–Crippen LogP) is 2.29. The van der Waals surface area contributed by atoms with Crippen LogP contribution in [0.5, 0.6) is 0 Å². The monoisotopic (exact) mass is 240 g/mol. The fourth-order valence-corrected chi connectivity index (χ4v) is 1.32. The van der Waals surface area contributed by atoms with E-state index in [1.165, 1.54) is 12.1 Å². The lowest BCUT2D eigenvalue weighted by Gasteiger charge is -1.93. The SMILES string of the molecule is Cc1ncc(C#Cc2cccc(C(=O)F)c2)cn1. The first-order valence-electron chi connectivity index (χ1n) is 5.26. The summed E-state index contributed by atoms with van der Waals surface area (Å²) in [5.74, 6) is 6.34. The van der Waals surface area contributed by atoms with Crippen LogP contribution in [-0.2, 0) is 0 Å². The number of halogens is 1. The van der Waals surface area contributed by atoms with E-state index >= 15 is 0 Å². The highest BCUT2D eigenvalue weighted by atomic mass is 19.1.